The van der Waals surface area contributed by atoms with E-state index in [0.29, 0.717) is 0 Å². The summed E-state index contributed by atoms with van der Waals surface area (Å²) in [5, 5.41) is 8.99. The molecule has 5 nitrogen and oxygen atoms in total. The highest BCUT2D eigenvalue weighted by atomic mass is 16.6. The van der Waals surface area contributed by atoms with Crippen molar-refractivity contribution < 1.29 is 19.5 Å². The van der Waals surface area contributed by atoms with Crippen molar-refractivity contribution in [2.75, 3.05) is 0 Å². The molecule has 2 unspecified atom stereocenters. The van der Waals surface area contributed by atoms with E-state index in [4.69, 9.17) is 9.94 Å². The summed E-state index contributed by atoms with van der Waals surface area (Å²) in [4.78, 5) is 27.9. The maximum absolute atomic E-state index is 11.8. The predicted octanol–water partition coefficient (Wildman–Crippen LogP) is 1.59. The van der Waals surface area contributed by atoms with Crippen molar-refractivity contribution in [1.29, 1.82) is 0 Å². The highest BCUT2D eigenvalue weighted by Crippen LogP contribution is 2.58. The van der Waals surface area contributed by atoms with E-state index >= 15 is 0 Å². The number of amides is 1. The Morgan fingerprint density at radius 1 is 1.26 bits per heavy atom. The van der Waals surface area contributed by atoms with Crippen LogP contribution in [0, 0.1) is 17.3 Å². The molecule has 2 rings (SSSR count). The van der Waals surface area contributed by atoms with Crippen molar-refractivity contribution in [1.82, 2.24) is 5.48 Å². The Morgan fingerprint density at radius 3 is 2.42 bits per heavy atom. The molecule has 102 valence electrons. The monoisotopic (exact) mass is 263 g/mol. The van der Waals surface area contributed by atoms with Crippen LogP contribution in [-0.4, -0.2) is 17.0 Å². The summed E-state index contributed by atoms with van der Waals surface area (Å²) in [5.74, 6) is -2.46. The molecule has 1 aliphatic carbocycles. The van der Waals surface area contributed by atoms with Crippen LogP contribution in [-0.2, 0) is 21.0 Å². The summed E-state index contributed by atoms with van der Waals surface area (Å²) in [7, 11) is 0. The van der Waals surface area contributed by atoms with Crippen LogP contribution >= 0.6 is 0 Å². The Labute approximate surface area is 111 Å². The quantitative estimate of drug-likeness (QED) is 0.791. The Bertz CT molecular complexity index is 483. The van der Waals surface area contributed by atoms with Crippen LogP contribution in [0.1, 0.15) is 19.4 Å². The Kier molecular flexibility index (Phi) is 3.57. The first-order valence-electron chi connectivity index (χ1n) is 6.13. The van der Waals surface area contributed by atoms with E-state index < -0.39 is 23.2 Å². The van der Waals surface area contributed by atoms with Gasteiger partial charge in [-0.3, -0.25) is 14.4 Å². The van der Waals surface area contributed by atoms with Crippen LogP contribution in [0.2, 0.25) is 0 Å². The smallest absolute Gasteiger partial charge is 0.307 e. The summed E-state index contributed by atoms with van der Waals surface area (Å²) < 4.78 is 0. The van der Waals surface area contributed by atoms with Crippen LogP contribution < -0.4 is 5.48 Å². The number of aliphatic carboxylic acids is 1. The minimum atomic E-state index is -0.937. The van der Waals surface area contributed by atoms with Gasteiger partial charge in [-0.2, -0.15) is 0 Å². The number of carboxylic acids is 1. The van der Waals surface area contributed by atoms with Crippen LogP contribution in [0.25, 0.3) is 0 Å². The van der Waals surface area contributed by atoms with Crippen molar-refractivity contribution in [3.63, 3.8) is 0 Å². The third-order valence-corrected chi connectivity index (χ3v) is 3.63. The van der Waals surface area contributed by atoms with E-state index in [2.05, 4.69) is 5.48 Å². The second-order valence-corrected chi connectivity index (χ2v) is 5.36. The minimum Gasteiger partial charge on any atom is -0.481 e. The van der Waals surface area contributed by atoms with E-state index in [9.17, 15) is 9.59 Å². The second kappa shape index (κ2) is 5.01. The third kappa shape index (κ3) is 2.76. The molecule has 19 heavy (non-hydrogen) atoms. The average molecular weight is 263 g/mol. The van der Waals surface area contributed by atoms with Gasteiger partial charge < -0.3 is 5.11 Å². The van der Waals surface area contributed by atoms with Gasteiger partial charge in [-0.05, 0) is 11.0 Å². The number of rotatable bonds is 5. The predicted molar refractivity (Wildman–Crippen MR) is 67.8 cm³/mol. The summed E-state index contributed by atoms with van der Waals surface area (Å²) in [5.41, 5.74) is 2.76. The molecule has 1 fully saturated rings. The molecule has 1 saturated carbocycles. The van der Waals surface area contributed by atoms with Gasteiger partial charge in [0.2, 0.25) is 5.91 Å². The van der Waals surface area contributed by atoms with Gasteiger partial charge in [0.1, 0.15) is 0 Å². The van der Waals surface area contributed by atoms with Crippen molar-refractivity contribution in [2.24, 2.45) is 17.3 Å². The maximum Gasteiger partial charge on any atom is 0.307 e. The molecule has 0 aliphatic heterocycles. The molecule has 0 heterocycles. The number of hydrogen-bond donors (Lipinski definition) is 2. The summed E-state index contributed by atoms with van der Waals surface area (Å²) in [6, 6.07) is 9.42. The topological polar surface area (TPSA) is 75.6 Å². The molecule has 2 N–H and O–H groups in total. The van der Waals surface area contributed by atoms with Gasteiger partial charge in [0.05, 0.1) is 18.4 Å². The van der Waals surface area contributed by atoms with Crippen molar-refractivity contribution in [3.8, 4) is 0 Å². The molecule has 0 spiro atoms. The van der Waals surface area contributed by atoms with Gasteiger partial charge in [-0.25, -0.2) is 5.48 Å². The van der Waals surface area contributed by atoms with Gasteiger partial charge in [0.15, 0.2) is 0 Å². The summed E-state index contributed by atoms with van der Waals surface area (Å²) in [6.07, 6.45) is 0. The molecule has 5 heteroatoms. The van der Waals surface area contributed by atoms with Crippen molar-refractivity contribution >= 4 is 11.9 Å². The lowest BCUT2D eigenvalue weighted by molar-refractivity contribution is -0.143. The highest BCUT2D eigenvalue weighted by Gasteiger charge is 2.66. The number of carbonyl (C=O) groups is 2. The molecule has 0 aromatic heterocycles. The van der Waals surface area contributed by atoms with Crippen LogP contribution in [0.4, 0.5) is 0 Å². The largest absolute Gasteiger partial charge is 0.481 e. The van der Waals surface area contributed by atoms with E-state index in [1.807, 2.05) is 30.3 Å². The lowest BCUT2D eigenvalue weighted by Crippen LogP contribution is -2.27. The molecule has 1 aromatic rings. The fourth-order valence-corrected chi connectivity index (χ4v) is 2.42. The number of hydrogen-bond acceptors (Lipinski definition) is 3. The van der Waals surface area contributed by atoms with E-state index in [1.165, 1.54) is 0 Å². The normalized spacial score (nSPS) is 23.7. The van der Waals surface area contributed by atoms with Gasteiger partial charge in [-0.15, -0.1) is 0 Å². The maximum atomic E-state index is 11.8. The van der Waals surface area contributed by atoms with E-state index in [0.717, 1.165) is 5.56 Å². The van der Waals surface area contributed by atoms with Crippen molar-refractivity contribution in [2.45, 2.75) is 20.5 Å². The minimum absolute atomic E-state index is 0.261. The average Bonchev–Trinajstić information content (AvgIpc) is 2.94. The zero-order valence-corrected chi connectivity index (χ0v) is 10.9. The Hall–Kier alpha value is -1.88. The first-order valence-corrected chi connectivity index (χ1v) is 6.13. The van der Waals surface area contributed by atoms with E-state index in [-0.39, 0.29) is 12.5 Å². The number of nitrogens with one attached hydrogen (secondary N) is 1. The molecular weight excluding hydrogens is 246 g/mol. The SMILES string of the molecule is CC1(C)C(C(=O)O)C1C(=O)NOCc1ccccc1. The van der Waals surface area contributed by atoms with Crippen molar-refractivity contribution in [3.05, 3.63) is 35.9 Å². The lowest BCUT2D eigenvalue weighted by Gasteiger charge is -2.06. The standard InChI is InChI=1S/C14H17NO4/c1-14(2)10(11(14)13(17)18)12(16)15-19-8-9-6-4-3-5-7-9/h3-7,10-11H,8H2,1-2H3,(H,15,16)(H,17,18). The molecular formula is C14H17NO4. The highest BCUT2D eigenvalue weighted by molar-refractivity contribution is 5.91. The third-order valence-electron chi connectivity index (χ3n) is 3.63. The lowest BCUT2D eigenvalue weighted by atomic mass is 10.1. The first-order chi connectivity index (χ1) is 8.94. The van der Waals surface area contributed by atoms with Crippen LogP contribution in [0.3, 0.4) is 0 Å². The molecule has 0 bridgehead atoms. The Morgan fingerprint density at radius 2 is 1.89 bits per heavy atom. The van der Waals surface area contributed by atoms with Gasteiger partial charge >= 0.3 is 5.97 Å². The fraction of sp³-hybridized carbons (Fsp3) is 0.429. The molecule has 1 aromatic carbocycles. The number of hydroxylamine groups is 1. The Balaban J connectivity index is 1.82. The molecule has 1 amide bonds. The summed E-state index contributed by atoms with van der Waals surface area (Å²) in [6.45, 7) is 3.80. The zero-order chi connectivity index (χ0) is 14.0. The molecule has 1 aliphatic rings. The number of carboxylic acid groups (broad SMARTS) is 1. The second-order valence-electron chi connectivity index (χ2n) is 5.36. The number of carbonyl (C=O) groups excluding carboxylic acids is 1. The van der Waals surface area contributed by atoms with Crippen LogP contribution in [0.5, 0.6) is 0 Å². The summed E-state index contributed by atoms with van der Waals surface area (Å²) >= 11 is 0. The van der Waals surface area contributed by atoms with Gasteiger partial charge in [0.25, 0.3) is 0 Å². The van der Waals surface area contributed by atoms with Gasteiger partial charge in [-0.1, -0.05) is 44.2 Å². The molecule has 0 radical (unpaired) electrons. The fourth-order valence-electron chi connectivity index (χ4n) is 2.42. The van der Waals surface area contributed by atoms with E-state index in [1.54, 1.807) is 13.8 Å². The molecule has 2 atom stereocenters. The van der Waals surface area contributed by atoms with Crippen LogP contribution in [0.15, 0.2) is 30.3 Å². The number of benzene rings is 1. The zero-order valence-electron chi connectivity index (χ0n) is 10.9. The van der Waals surface area contributed by atoms with Gasteiger partial charge in [0, 0.05) is 0 Å². The first kappa shape index (κ1) is 13.5. The molecule has 0 saturated heterocycles.